The summed E-state index contributed by atoms with van der Waals surface area (Å²) in [5.74, 6) is -0.254. The van der Waals surface area contributed by atoms with Gasteiger partial charge in [-0.25, -0.2) is 4.39 Å². The standard InChI is InChI=1S/C11H13F4NO/c1-7-5-10(9(16)6-8(7)12)17-4-2-3-11(13,14)15/h5-6H,2-4,16H2,1H3. The predicted octanol–water partition coefficient (Wildman–Crippen LogP) is 3.44. The van der Waals surface area contributed by atoms with Gasteiger partial charge in [0.1, 0.15) is 11.6 Å². The molecule has 1 rings (SSSR count). The number of aryl methyl sites for hydroxylation is 1. The Hall–Kier alpha value is -1.46. The van der Waals surface area contributed by atoms with Gasteiger partial charge in [-0.15, -0.1) is 0 Å². The summed E-state index contributed by atoms with van der Waals surface area (Å²) in [7, 11) is 0. The third kappa shape index (κ3) is 4.50. The minimum atomic E-state index is -4.19. The highest BCUT2D eigenvalue weighted by molar-refractivity contribution is 5.54. The SMILES string of the molecule is Cc1cc(OCCCC(F)(F)F)c(N)cc1F. The number of hydrogen-bond acceptors (Lipinski definition) is 2. The van der Waals surface area contributed by atoms with Crippen molar-refractivity contribution in [2.45, 2.75) is 25.9 Å². The lowest BCUT2D eigenvalue weighted by atomic mass is 10.2. The van der Waals surface area contributed by atoms with E-state index in [1.54, 1.807) is 0 Å². The fraction of sp³-hybridized carbons (Fsp3) is 0.455. The molecule has 0 amide bonds. The van der Waals surface area contributed by atoms with Crippen molar-refractivity contribution < 1.29 is 22.3 Å². The highest BCUT2D eigenvalue weighted by atomic mass is 19.4. The number of rotatable bonds is 4. The molecule has 96 valence electrons. The number of benzene rings is 1. The first kappa shape index (κ1) is 13.6. The molecule has 0 aliphatic rings. The van der Waals surface area contributed by atoms with Crippen molar-refractivity contribution in [2.75, 3.05) is 12.3 Å². The first-order valence-electron chi connectivity index (χ1n) is 5.05. The van der Waals surface area contributed by atoms with Crippen LogP contribution in [0.25, 0.3) is 0 Å². The topological polar surface area (TPSA) is 35.2 Å². The van der Waals surface area contributed by atoms with Crippen molar-refractivity contribution >= 4 is 5.69 Å². The molecule has 0 saturated carbocycles. The Balaban J connectivity index is 2.50. The third-order valence-corrected chi connectivity index (χ3v) is 2.15. The van der Waals surface area contributed by atoms with E-state index in [0.29, 0.717) is 5.56 Å². The van der Waals surface area contributed by atoms with Gasteiger partial charge in [-0.05, 0) is 25.0 Å². The lowest BCUT2D eigenvalue weighted by Crippen LogP contribution is -2.10. The Bertz CT molecular complexity index is 390. The van der Waals surface area contributed by atoms with Crippen molar-refractivity contribution in [3.05, 3.63) is 23.5 Å². The van der Waals surface area contributed by atoms with Crippen LogP contribution >= 0.6 is 0 Å². The van der Waals surface area contributed by atoms with Crippen LogP contribution in [0.15, 0.2) is 12.1 Å². The number of anilines is 1. The fourth-order valence-electron chi connectivity index (χ4n) is 1.25. The van der Waals surface area contributed by atoms with Crippen LogP contribution in [0.4, 0.5) is 23.2 Å². The molecule has 2 nitrogen and oxygen atoms in total. The largest absolute Gasteiger partial charge is 0.491 e. The van der Waals surface area contributed by atoms with E-state index < -0.39 is 18.4 Å². The molecule has 6 heteroatoms. The Kier molecular flexibility index (Phi) is 4.20. The van der Waals surface area contributed by atoms with Crippen molar-refractivity contribution in [3.8, 4) is 5.75 Å². The minimum absolute atomic E-state index is 0.0834. The van der Waals surface area contributed by atoms with Gasteiger partial charge in [-0.3, -0.25) is 0 Å². The summed E-state index contributed by atoms with van der Waals surface area (Å²) >= 11 is 0. The highest BCUT2D eigenvalue weighted by Crippen LogP contribution is 2.26. The van der Waals surface area contributed by atoms with Gasteiger partial charge in [0.25, 0.3) is 0 Å². The van der Waals surface area contributed by atoms with Crippen molar-refractivity contribution in [1.82, 2.24) is 0 Å². The zero-order valence-corrected chi connectivity index (χ0v) is 9.27. The van der Waals surface area contributed by atoms with E-state index in [0.717, 1.165) is 6.07 Å². The molecule has 0 heterocycles. The molecular weight excluding hydrogens is 238 g/mol. The number of nitrogens with two attached hydrogens (primary N) is 1. The van der Waals surface area contributed by atoms with Crippen LogP contribution in [0, 0.1) is 12.7 Å². The van der Waals surface area contributed by atoms with Gasteiger partial charge in [0.2, 0.25) is 0 Å². The van der Waals surface area contributed by atoms with E-state index in [1.165, 1.54) is 13.0 Å². The van der Waals surface area contributed by atoms with Crippen LogP contribution < -0.4 is 10.5 Å². The molecule has 0 aliphatic carbocycles. The summed E-state index contributed by atoms with van der Waals surface area (Å²) in [4.78, 5) is 0. The molecule has 0 fully saturated rings. The lowest BCUT2D eigenvalue weighted by molar-refractivity contribution is -0.136. The molecule has 0 spiro atoms. The second kappa shape index (κ2) is 5.25. The molecule has 2 N–H and O–H groups in total. The smallest absolute Gasteiger partial charge is 0.389 e. The molecule has 0 aliphatic heterocycles. The number of hydrogen-bond donors (Lipinski definition) is 1. The number of nitrogen functional groups attached to an aromatic ring is 1. The third-order valence-electron chi connectivity index (χ3n) is 2.15. The molecule has 0 saturated heterocycles. The molecule has 0 atom stereocenters. The molecule has 0 aromatic heterocycles. The summed E-state index contributed by atoms with van der Waals surface area (Å²) in [6.07, 6.45) is -5.25. The van der Waals surface area contributed by atoms with Crippen molar-refractivity contribution in [1.29, 1.82) is 0 Å². The van der Waals surface area contributed by atoms with Crippen molar-refractivity contribution in [2.24, 2.45) is 0 Å². The summed E-state index contributed by atoms with van der Waals surface area (Å²) < 4.78 is 53.6. The van der Waals surface area contributed by atoms with Gasteiger partial charge in [-0.1, -0.05) is 0 Å². The monoisotopic (exact) mass is 251 g/mol. The molecule has 17 heavy (non-hydrogen) atoms. The maximum atomic E-state index is 13.0. The van der Waals surface area contributed by atoms with Crippen LogP contribution in [-0.2, 0) is 0 Å². The van der Waals surface area contributed by atoms with Crippen LogP contribution in [0.5, 0.6) is 5.75 Å². The Labute approximate surface area is 96.4 Å². The Morgan fingerprint density at radius 1 is 1.29 bits per heavy atom. The highest BCUT2D eigenvalue weighted by Gasteiger charge is 2.26. The molecule has 0 bridgehead atoms. The number of halogens is 4. The van der Waals surface area contributed by atoms with E-state index in [1.807, 2.05) is 0 Å². The van der Waals surface area contributed by atoms with Crippen LogP contribution in [0.1, 0.15) is 18.4 Å². The number of alkyl halides is 3. The van der Waals surface area contributed by atoms with E-state index in [-0.39, 0.29) is 24.5 Å². The maximum absolute atomic E-state index is 13.0. The maximum Gasteiger partial charge on any atom is 0.389 e. The summed E-state index contributed by atoms with van der Waals surface area (Å²) in [6.45, 7) is 1.42. The summed E-state index contributed by atoms with van der Waals surface area (Å²) in [6, 6.07) is 2.46. The quantitative estimate of drug-likeness (QED) is 0.505. The molecule has 0 unspecified atom stereocenters. The molecule has 1 aromatic carbocycles. The Morgan fingerprint density at radius 3 is 2.53 bits per heavy atom. The summed E-state index contributed by atoms with van der Waals surface area (Å²) in [5.41, 5.74) is 5.89. The average Bonchev–Trinajstić information content (AvgIpc) is 2.18. The van der Waals surface area contributed by atoms with Crippen LogP contribution in [0.3, 0.4) is 0 Å². The van der Waals surface area contributed by atoms with E-state index in [2.05, 4.69) is 0 Å². The average molecular weight is 251 g/mol. The van der Waals surface area contributed by atoms with Crippen LogP contribution in [-0.4, -0.2) is 12.8 Å². The molecule has 1 aromatic rings. The van der Waals surface area contributed by atoms with Gasteiger partial charge in [0, 0.05) is 12.5 Å². The Morgan fingerprint density at radius 2 is 1.94 bits per heavy atom. The lowest BCUT2D eigenvalue weighted by Gasteiger charge is -2.11. The van der Waals surface area contributed by atoms with E-state index in [9.17, 15) is 17.6 Å². The zero-order chi connectivity index (χ0) is 13.1. The van der Waals surface area contributed by atoms with Gasteiger partial charge in [0.05, 0.1) is 12.3 Å². The fourth-order valence-corrected chi connectivity index (χ4v) is 1.25. The van der Waals surface area contributed by atoms with Crippen LogP contribution in [0.2, 0.25) is 0 Å². The molecular formula is C11H13F4NO. The first-order valence-corrected chi connectivity index (χ1v) is 5.05. The first-order chi connectivity index (χ1) is 7.79. The second-order valence-corrected chi connectivity index (χ2v) is 3.71. The normalized spacial score (nSPS) is 11.6. The van der Waals surface area contributed by atoms with E-state index >= 15 is 0 Å². The predicted molar refractivity (Wildman–Crippen MR) is 56.3 cm³/mol. The summed E-state index contributed by atoms with van der Waals surface area (Å²) in [5, 5.41) is 0. The van der Waals surface area contributed by atoms with Gasteiger partial charge >= 0.3 is 6.18 Å². The molecule has 0 radical (unpaired) electrons. The zero-order valence-electron chi connectivity index (χ0n) is 9.27. The van der Waals surface area contributed by atoms with Gasteiger partial charge in [0.15, 0.2) is 0 Å². The number of ether oxygens (including phenoxy) is 1. The van der Waals surface area contributed by atoms with Crippen molar-refractivity contribution in [3.63, 3.8) is 0 Å². The second-order valence-electron chi connectivity index (χ2n) is 3.71. The van der Waals surface area contributed by atoms with E-state index in [4.69, 9.17) is 10.5 Å². The van der Waals surface area contributed by atoms with Gasteiger partial charge < -0.3 is 10.5 Å². The minimum Gasteiger partial charge on any atom is -0.491 e. The van der Waals surface area contributed by atoms with Gasteiger partial charge in [-0.2, -0.15) is 13.2 Å².